The molecule has 2 atom stereocenters. The molecule has 0 aliphatic carbocycles. The van der Waals surface area contributed by atoms with Gasteiger partial charge in [-0.25, -0.2) is 0 Å². The lowest BCUT2D eigenvalue weighted by molar-refractivity contribution is 0.105. The summed E-state index contributed by atoms with van der Waals surface area (Å²) in [7, 11) is 0. The number of ether oxygens (including phenoxy) is 1. The highest BCUT2D eigenvalue weighted by atomic mass is 16.5. The first-order valence-electron chi connectivity index (χ1n) is 6.21. The summed E-state index contributed by atoms with van der Waals surface area (Å²) in [5, 5.41) is 11.5. The zero-order chi connectivity index (χ0) is 12.8. The molecule has 0 amide bonds. The van der Waals surface area contributed by atoms with Crippen LogP contribution in [0.4, 0.5) is 11.4 Å². The Balaban J connectivity index is 1.96. The second-order valence-corrected chi connectivity index (χ2v) is 5.20. The molecule has 1 aliphatic rings. The minimum absolute atomic E-state index is 0.0676. The van der Waals surface area contributed by atoms with Gasteiger partial charge in [-0.15, -0.1) is 0 Å². The summed E-state index contributed by atoms with van der Waals surface area (Å²) in [4.78, 5) is 0. The van der Waals surface area contributed by atoms with E-state index >= 15 is 0 Å². The minimum Gasteiger partial charge on any atom is -0.397 e. The van der Waals surface area contributed by atoms with Crippen molar-refractivity contribution in [2.75, 3.05) is 17.7 Å². The summed E-state index contributed by atoms with van der Waals surface area (Å²) >= 11 is 0. The normalized spacial score (nSPS) is 27.8. The lowest BCUT2D eigenvalue weighted by Crippen LogP contribution is -2.41. The van der Waals surface area contributed by atoms with E-state index < -0.39 is 0 Å². The Morgan fingerprint density at radius 2 is 2.39 bits per heavy atom. The molecule has 2 unspecified atom stereocenters. The molecule has 2 aromatic rings. The summed E-state index contributed by atoms with van der Waals surface area (Å²) < 4.78 is 5.63. The van der Waals surface area contributed by atoms with E-state index in [0.29, 0.717) is 0 Å². The molecule has 1 fully saturated rings. The highest BCUT2D eigenvalue weighted by molar-refractivity contribution is 5.88. The Kier molecular flexibility index (Phi) is 2.45. The first-order valence-corrected chi connectivity index (χ1v) is 6.21. The van der Waals surface area contributed by atoms with Gasteiger partial charge in [0.25, 0.3) is 0 Å². The predicted molar refractivity (Wildman–Crippen MR) is 72.6 cm³/mol. The van der Waals surface area contributed by atoms with Crippen LogP contribution < -0.4 is 11.1 Å². The van der Waals surface area contributed by atoms with Gasteiger partial charge >= 0.3 is 0 Å². The maximum Gasteiger partial charge on any atom is 0.0774 e. The fourth-order valence-electron chi connectivity index (χ4n) is 2.42. The standard InChI is InChI=1S/C13H18N4O/c1-8-13(2,3-4-18-8)16-12-6-11-9(5-10(12)14)7-15-17-11/h5-8,16H,3-4,14H2,1-2H3,(H,15,17). The fourth-order valence-corrected chi connectivity index (χ4v) is 2.42. The smallest absolute Gasteiger partial charge is 0.0774 e. The van der Waals surface area contributed by atoms with Gasteiger partial charge in [-0.1, -0.05) is 0 Å². The highest BCUT2D eigenvalue weighted by Crippen LogP contribution is 2.33. The van der Waals surface area contributed by atoms with Crippen LogP contribution in [0.25, 0.3) is 10.9 Å². The predicted octanol–water partition coefficient (Wildman–Crippen LogP) is 2.12. The maximum absolute atomic E-state index is 6.08. The highest BCUT2D eigenvalue weighted by Gasteiger charge is 2.37. The summed E-state index contributed by atoms with van der Waals surface area (Å²) in [5.41, 5.74) is 8.68. The van der Waals surface area contributed by atoms with Crippen LogP contribution >= 0.6 is 0 Å². The molecule has 18 heavy (non-hydrogen) atoms. The summed E-state index contributed by atoms with van der Waals surface area (Å²) in [6.45, 7) is 5.04. The van der Waals surface area contributed by atoms with Crippen LogP contribution in [0.3, 0.4) is 0 Å². The monoisotopic (exact) mass is 246 g/mol. The van der Waals surface area contributed by atoms with Gasteiger partial charge in [-0.2, -0.15) is 5.10 Å². The van der Waals surface area contributed by atoms with E-state index in [1.807, 2.05) is 12.1 Å². The molecule has 1 aromatic carbocycles. The number of aromatic amines is 1. The van der Waals surface area contributed by atoms with E-state index in [1.165, 1.54) is 0 Å². The Bertz CT molecular complexity index is 579. The number of fused-ring (bicyclic) bond motifs is 1. The van der Waals surface area contributed by atoms with Crippen molar-refractivity contribution < 1.29 is 4.74 Å². The Hall–Kier alpha value is -1.75. The molecule has 0 radical (unpaired) electrons. The Morgan fingerprint density at radius 1 is 1.56 bits per heavy atom. The van der Waals surface area contributed by atoms with Gasteiger partial charge in [0.1, 0.15) is 0 Å². The number of benzene rings is 1. The van der Waals surface area contributed by atoms with E-state index in [0.717, 1.165) is 35.3 Å². The van der Waals surface area contributed by atoms with Crippen LogP contribution in [0.5, 0.6) is 0 Å². The van der Waals surface area contributed by atoms with Crippen molar-refractivity contribution in [3.8, 4) is 0 Å². The number of hydrogen-bond donors (Lipinski definition) is 3. The molecule has 3 rings (SSSR count). The number of aromatic nitrogens is 2. The van der Waals surface area contributed by atoms with Crippen LogP contribution in [-0.4, -0.2) is 28.4 Å². The molecule has 0 saturated carbocycles. The number of H-pyrrole nitrogens is 1. The van der Waals surface area contributed by atoms with E-state index in [-0.39, 0.29) is 11.6 Å². The minimum atomic E-state index is -0.0676. The van der Waals surface area contributed by atoms with Crippen LogP contribution in [0.2, 0.25) is 0 Å². The Morgan fingerprint density at radius 3 is 3.11 bits per heavy atom. The van der Waals surface area contributed by atoms with Crippen molar-refractivity contribution in [2.45, 2.75) is 31.9 Å². The molecule has 0 bridgehead atoms. The van der Waals surface area contributed by atoms with E-state index in [9.17, 15) is 0 Å². The molecular weight excluding hydrogens is 228 g/mol. The number of nitrogen functional groups attached to an aromatic ring is 1. The Labute approximate surface area is 106 Å². The van der Waals surface area contributed by atoms with Gasteiger partial charge in [0.2, 0.25) is 0 Å². The molecular formula is C13H18N4O. The molecule has 5 heteroatoms. The maximum atomic E-state index is 6.08. The van der Waals surface area contributed by atoms with Crippen molar-refractivity contribution in [3.63, 3.8) is 0 Å². The van der Waals surface area contributed by atoms with Crippen LogP contribution in [0, 0.1) is 0 Å². The molecule has 1 aliphatic heterocycles. The van der Waals surface area contributed by atoms with Gasteiger partial charge in [0.15, 0.2) is 0 Å². The van der Waals surface area contributed by atoms with Crippen LogP contribution in [0.15, 0.2) is 18.3 Å². The molecule has 0 spiro atoms. The average molecular weight is 246 g/mol. The zero-order valence-corrected chi connectivity index (χ0v) is 10.7. The second kappa shape index (κ2) is 3.88. The zero-order valence-electron chi connectivity index (χ0n) is 10.7. The topological polar surface area (TPSA) is 76.0 Å². The van der Waals surface area contributed by atoms with Crippen molar-refractivity contribution >= 4 is 22.3 Å². The van der Waals surface area contributed by atoms with Crippen LogP contribution in [0.1, 0.15) is 20.3 Å². The number of nitrogens with one attached hydrogen (secondary N) is 2. The summed E-state index contributed by atoms with van der Waals surface area (Å²) in [5.74, 6) is 0. The molecule has 2 heterocycles. The van der Waals surface area contributed by atoms with E-state index in [1.54, 1.807) is 6.20 Å². The van der Waals surface area contributed by atoms with Gasteiger partial charge in [-0.05, 0) is 32.4 Å². The van der Waals surface area contributed by atoms with E-state index in [4.69, 9.17) is 10.5 Å². The quantitative estimate of drug-likeness (QED) is 0.709. The molecule has 96 valence electrons. The second-order valence-electron chi connectivity index (χ2n) is 5.20. The van der Waals surface area contributed by atoms with Crippen LogP contribution in [-0.2, 0) is 4.74 Å². The van der Waals surface area contributed by atoms with E-state index in [2.05, 4.69) is 29.4 Å². The summed E-state index contributed by atoms with van der Waals surface area (Å²) in [6.07, 6.45) is 2.93. The third-order valence-corrected chi connectivity index (χ3v) is 3.92. The number of rotatable bonds is 2. The summed E-state index contributed by atoms with van der Waals surface area (Å²) in [6, 6.07) is 3.94. The third kappa shape index (κ3) is 1.71. The first-order chi connectivity index (χ1) is 8.58. The third-order valence-electron chi connectivity index (χ3n) is 3.92. The molecule has 1 aromatic heterocycles. The fraction of sp³-hybridized carbons (Fsp3) is 0.462. The average Bonchev–Trinajstić information content (AvgIpc) is 2.88. The molecule has 4 N–H and O–H groups in total. The van der Waals surface area contributed by atoms with Gasteiger partial charge in [-0.3, -0.25) is 5.10 Å². The van der Waals surface area contributed by atoms with Crippen molar-refractivity contribution in [3.05, 3.63) is 18.3 Å². The first kappa shape index (κ1) is 11.3. The van der Waals surface area contributed by atoms with Crippen molar-refractivity contribution in [1.82, 2.24) is 10.2 Å². The number of anilines is 2. The molecule has 1 saturated heterocycles. The van der Waals surface area contributed by atoms with Gasteiger partial charge in [0.05, 0.1) is 34.7 Å². The lowest BCUT2D eigenvalue weighted by atomic mass is 9.94. The van der Waals surface area contributed by atoms with Crippen molar-refractivity contribution in [2.24, 2.45) is 0 Å². The SMILES string of the molecule is CC1OCCC1(C)Nc1cc2[nH]ncc2cc1N. The lowest BCUT2D eigenvalue weighted by Gasteiger charge is -2.30. The number of hydrogen-bond acceptors (Lipinski definition) is 4. The number of nitrogens with zero attached hydrogens (tertiary/aromatic N) is 1. The largest absolute Gasteiger partial charge is 0.397 e. The van der Waals surface area contributed by atoms with Crippen molar-refractivity contribution in [1.29, 1.82) is 0 Å². The van der Waals surface area contributed by atoms with Gasteiger partial charge in [0, 0.05) is 12.0 Å². The van der Waals surface area contributed by atoms with Gasteiger partial charge < -0.3 is 15.8 Å². The number of nitrogens with two attached hydrogens (primary N) is 1. The molecule has 5 nitrogen and oxygen atoms in total.